The molecule has 1 aromatic heterocycles. The molecule has 20 heavy (non-hydrogen) atoms. The lowest BCUT2D eigenvalue weighted by atomic mass is 10.0. The summed E-state index contributed by atoms with van der Waals surface area (Å²) in [6.45, 7) is 0. The number of nitrogens with two attached hydrogens (primary N) is 1. The molecule has 5 heteroatoms. The second-order valence-electron chi connectivity index (χ2n) is 6.11. The zero-order valence-corrected chi connectivity index (χ0v) is 12.9. The van der Waals surface area contributed by atoms with Gasteiger partial charge in [0.2, 0.25) is 0 Å². The Kier molecular flexibility index (Phi) is 5.02. The van der Waals surface area contributed by atoms with Crippen LogP contribution >= 0.6 is 11.8 Å². The lowest BCUT2D eigenvalue weighted by molar-refractivity contribution is 0.445. The molecule has 0 spiro atoms. The van der Waals surface area contributed by atoms with Crippen LogP contribution in [-0.2, 0) is 6.42 Å². The minimum Gasteiger partial charge on any atom is -0.271 e. The Balaban J connectivity index is 1.60. The number of aromatic nitrogens is 2. The third-order valence-electron chi connectivity index (χ3n) is 4.67. The van der Waals surface area contributed by atoms with Crippen LogP contribution in [0.5, 0.6) is 0 Å². The first kappa shape index (κ1) is 14.4. The predicted molar refractivity (Wildman–Crippen MR) is 84.6 cm³/mol. The molecule has 3 N–H and O–H groups in total. The normalized spacial score (nSPS) is 25.9. The van der Waals surface area contributed by atoms with Crippen molar-refractivity contribution in [2.75, 3.05) is 5.75 Å². The molecule has 0 aromatic carbocycles. The second kappa shape index (κ2) is 6.96. The van der Waals surface area contributed by atoms with Crippen LogP contribution in [0.1, 0.15) is 56.7 Å². The first-order valence-corrected chi connectivity index (χ1v) is 9.03. The van der Waals surface area contributed by atoms with Crippen LogP contribution < -0.4 is 11.3 Å². The molecular formula is C15H26N4S. The van der Waals surface area contributed by atoms with E-state index in [9.17, 15) is 0 Å². The van der Waals surface area contributed by atoms with Crippen molar-refractivity contribution in [3.8, 4) is 0 Å². The van der Waals surface area contributed by atoms with E-state index < -0.39 is 0 Å². The first-order chi connectivity index (χ1) is 9.86. The second-order valence-corrected chi connectivity index (χ2v) is 7.45. The fourth-order valence-electron chi connectivity index (χ4n) is 3.46. The van der Waals surface area contributed by atoms with Crippen molar-refractivity contribution in [2.24, 2.45) is 5.84 Å². The third kappa shape index (κ3) is 3.38. The topological polar surface area (TPSA) is 55.9 Å². The van der Waals surface area contributed by atoms with Crippen LogP contribution in [0.15, 0.2) is 12.3 Å². The summed E-state index contributed by atoms with van der Waals surface area (Å²) < 4.78 is 2.18. The summed E-state index contributed by atoms with van der Waals surface area (Å²) in [7, 11) is 0. The molecule has 4 nitrogen and oxygen atoms in total. The third-order valence-corrected chi connectivity index (χ3v) is 6.19. The Morgan fingerprint density at radius 3 is 2.80 bits per heavy atom. The largest absolute Gasteiger partial charge is 0.271 e. The van der Waals surface area contributed by atoms with Gasteiger partial charge in [0.15, 0.2) is 0 Å². The molecule has 2 atom stereocenters. The van der Waals surface area contributed by atoms with E-state index in [0.717, 1.165) is 6.42 Å². The summed E-state index contributed by atoms with van der Waals surface area (Å²) >= 11 is 2.07. The van der Waals surface area contributed by atoms with Gasteiger partial charge < -0.3 is 0 Å². The van der Waals surface area contributed by atoms with E-state index in [2.05, 4.69) is 34.1 Å². The number of hydrazine groups is 1. The van der Waals surface area contributed by atoms with Gasteiger partial charge in [0.05, 0.1) is 11.7 Å². The Morgan fingerprint density at radius 2 is 2.10 bits per heavy atom. The van der Waals surface area contributed by atoms with Crippen LogP contribution in [0.3, 0.4) is 0 Å². The quantitative estimate of drug-likeness (QED) is 0.647. The summed E-state index contributed by atoms with van der Waals surface area (Å²) in [5.74, 6) is 7.06. The summed E-state index contributed by atoms with van der Waals surface area (Å²) in [5.41, 5.74) is 4.22. The van der Waals surface area contributed by atoms with Gasteiger partial charge in [-0.25, -0.2) is 0 Å². The van der Waals surface area contributed by atoms with Crippen molar-refractivity contribution in [1.82, 2.24) is 15.2 Å². The van der Waals surface area contributed by atoms with E-state index >= 15 is 0 Å². The molecule has 1 saturated carbocycles. The fourth-order valence-corrected chi connectivity index (χ4v) is 4.88. The smallest absolute Gasteiger partial charge is 0.0641 e. The van der Waals surface area contributed by atoms with Crippen molar-refractivity contribution in [3.05, 3.63) is 18.0 Å². The van der Waals surface area contributed by atoms with Crippen molar-refractivity contribution in [3.63, 3.8) is 0 Å². The number of thioether (sulfide) groups is 1. The van der Waals surface area contributed by atoms with Gasteiger partial charge in [0.25, 0.3) is 0 Å². The molecule has 2 fully saturated rings. The van der Waals surface area contributed by atoms with Crippen molar-refractivity contribution in [2.45, 2.75) is 68.7 Å². The van der Waals surface area contributed by atoms with Gasteiger partial charge in [0, 0.05) is 23.9 Å². The number of nitrogens with zero attached hydrogens (tertiary/aromatic N) is 2. The molecule has 0 radical (unpaired) electrons. The number of hydrogen-bond donors (Lipinski definition) is 2. The zero-order valence-electron chi connectivity index (χ0n) is 12.1. The molecule has 0 amide bonds. The molecule has 112 valence electrons. The van der Waals surface area contributed by atoms with Gasteiger partial charge >= 0.3 is 0 Å². The van der Waals surface area contributed by atoms with Gasteiger partial charge in [-0.3, -0.25) is 16.0 Å². The van der Waals surface area contributed by atoms with E-state index in [4.69, 9.17) is 10.9 Å². The molecule has 2 aliphatic rings. The van der Waals surface area contributed by atoms with E-state index in [1.54, 1.807) is 0 Å². The summed E-state index contributed by atoms with van der Waals surface area (Å²) in [6, 6.07) is 3.17. The zero-order chi connectivity index (χ0) is 13.8. The lowest BCUT2D eigenvalue weighted by Gasteiger charge is -2.28. The average molecular weight is 294 g/mol. The highest BCUT2D eigenvalue weighted by Gasteiger charge is 2.25. The number of rotatable bonds is 5. The number of nitrogens with one attached hydrogen (secondary N) is 1. The Bertz CT molecular complexity index is 408. The van der Waals surface area contributed by atoms with Crippen molar-refractivity contribution >= 4 is 11.8 Å². The van der Waals surface area contributed by atoms with Gasteiger partial charge in [-0.2, -0.15) is 16.9 Å². The summed E-state index contributed by atoms with van der Waals surface area (Å²) in [5, 5.41) is 5.43. The highest BCUT2D eigenvalue weighted by Crippen LogP contribution is 2.30. The van der Waals surface area contributed by atoms with Crippen LogP contribution in [0.4, 0.5) is 0 Å². The fraction of sp³-hybridized carbons (Fsp3) is 0.800. The predicted octanol–water partition coefficient (Wildman–Crippen LogP) is 2.66. The van der Waals surface area contributed by atoms with Crippen LogP contribution in [0, 0.1) is 0 Å². The Morgan fingerprint density at radius 1 is 1.30 bits per heavy atom. The highest BCUT2D eigenvalue weighted by molar-refractivity contribution is 8.00. The monoisotopic (exact) mass is 294 g/mol. The van der Waals surface area contributed by atoms with Gasteiger partial charge in [-0.15, -0.1) is 0 Å². The minimum absolute atomic E-state index is 0.354. The molecular weight excluding hydrogens is 268 g/mol. The molecule has 1 saturated heterocycles. The SMILES string of the molecule is NNC(Cc1ccn(C2CCCC2)n1)C1CCCCS1. The molecule has 1 aliphatic heterocycles. The van der Waals surface area contributed by atoms with E-state index in [-0.39, 0.29) is 0 Å². The maximum Gasteiger partial charge on any atom is 0.0641 e. The minimum atomic E-state index is 0.354. The Labute approximate surface area is 125 Å². The molecule has 1 aromatic rings. The van der Waals surface area contributed by atoms with Gasteiger partial charge in [-0.05, 0) is 37.5 Å². The summed E-state index contributed by atoms with van der Waals surface area (Å²) in [6.07, 6.45) is 12.4. The average Bonchev–Trinajstić information content (AvgIpc) is 3.16. The van der Waals surface area contributed by atoms with Crippen LogP contribution in [-0.4, -0.2) is 26.8 Å². The van der Waals surface area contributed by atoms with E-state index in [1.807, 2.05) is 0 Å². The number of hydrogen-bond acceptors (Lipinski definition) is 4. The first-order valence-electron chi connectivity index (χ1n) is 7.98. The summed E-state index contributed by atoms with van der Waals surface area (Å²) in [4.78, 5) is 0. The molecule has 3 rings (SSSR count). The van der Waals surface area contributed by atoms with Crippen molar-refractivity contribution < 1.29 is 0 Å². The maximum atomic E-state index is 5.78. The van der Waals surface area contributed by atoms with Crippen LogP contribution in [0.25, 0.3) is 0 Å². The van der Waals surface area contributed by atoms with Crippen molar-refractivity contribution in [1.29, 1.82) is 0 Å². The van der Waals surface area contributed by atoms with E-state index in [0.29, 0.717) is 17.3 Å². The van der Waals surface area contributed by atoms with E-state index in [1.165, 1.54) is 56.4 Å². The standard InChI is InChI=1S/C15H26N4S/c16-17-14(15-7-3-4-10-20-15)11-12-8-9-19(18-12)13-5-1-2-6-13/h8-9,13-15,17H,1-7,10-11,16H2. The maximum absolute atomic E-state index is 5.78. The molecule has 0 bridgehead atoms. The Hall–Kier alpha value is -0.520. The van der Waals surface area contributed by atoms with Crippen LogP contribution in [0.2, 0.25) is 0 Å². The molecule has 2 unspecified atom stereocenters. The van der Waals surface area contributed by atoms with Gasteiger partial charge in [-0.1, -0.05) is 19.3 Å². The molecule has 1 aliphatic carbocycles. The lowest BCUT2D eigenvalue weighted by Crippen LogP contribution is -2.45. The molecule has 2 heterocycles. The highest BCUT2D eigenvalue weighted by atomic mass is 32.2. The van der Waals surface area contributed by atoms with Gasteiger partial charge in [0.1, 0.15) is 0 Å².